The highest BCUT2D eigenvalue weighted by atomic mass is 16.8. The van der Waals surface area contributed by atoms with Crippen molar-refractivity contribution in [2.75, 3.05) is 13.2 Å². The first-order chi connectivity index (χ1) is 27.7. The molecule has 0 aromatic carbocycles. The number of rotatable bonds is 12. The average molecular weight is 864 g/mol. The molecule has 5 aliphatic heterocycles. The molecular formula is C34H57NO24. The molecule has 5 saturated heterocycles. The molecule has 10 unspecified atom stereocenters. The van der Waals surface area contributed by atoms with Gasteiger partial charge in [0, 0.05) is 13.8 Å². The van der Waals surface area contributed by atoms with E-state index in [9.17, 15) is 70.9 Å². The smallest absolute Gasteiger partial charge is 0.303 e. The fourth-order valence-corrected chi connectivity index (χ4v) is 7.53. The lowest BCUT2D eigenvalue weighted by Crippen LogP contribution is -2.70. The Morgan fingerprint density at radius 1 is 0.475 bits per heavy atom. The largest absolute Gasteiger partial charge is 0.454 e. The van der Waals surface area contributed by atoms with Gasteiger partial charge < -0.3 is 114 Å². The van der Waals surface area contributed by atoms with Crippen LogP contribution in [0, 0.1) is 0 Å². The Morgan fingerprint density at radius 2 is 0.915 bits per heavy atom. The van der Waals surface area contributed by atoms with E-state index in [1.165, 1.54) is 20.8 Å². The summed E-state index contributed by atoms with van der Waals surface area (Å²) < 4.78 is 57.5. The summed E-state index contributed by atoms with van der Waals surface area (Å²) in [7, 11) is 0. The van der Waals surface area contributed by atoms with Crippen molar-refractivity contribution in [2.45, 2.75) is 188 Å². The zero-order valence-electron chi connectivity index (χ0n) is 32.6. The van der Waals surface area contributed by atoms with E-state index in [1.807, 2.05) is 0 Å². The summed E-state index contributed by atoms with van der Waals surface area (Å²) in [5, 5.41) is 130. The Kier molecular flexibility index (Phi) is 16.4. The van der Waals surface area contributed by atoms with E-state index in [2.05, 4.69) is 5.32 Å². The first-order valence-corrected chi connectivity index (χ1v) is 19.1. The van der Waals surface area contributed by atoms with E-state index in [0.717, 1.165) is 13.8 Å². The Morgan fingerprint density at radius 3 is 1.47 bits per heavy atom. The van der Waals surface area contributed by atoms with Gasteiger partial charge in [-0.25, -0.2) is 0 Å². The predicted octanol–water partition coefficient (Wildman–Crippen LogP) is -8.13. The van der Waals surface area contributed by atoms with Crippen LogP contribution >= 0.6 is 0 Å². The number of nitrogens with one attached hydrogen (secondary N) is 1. The maximum atomic E-state index is 12.7. The van der Waals surface area contributed by atoms with Crippen molar-refractivity contribution >= 4 is 11.9 Å². The van der Waals surface area contributed by atoms with Gasteiger partial charge in [-0.1, -0.05) is 0 Å². The van der Waals surface area contributed by atoms with Crippen LogP contribution in [0.3, 0.4) is 0 Å². The summed E-state index contributed by atoms with van der Waals surface area (Å²) in [6.45, 7) is 4.40. The Balaban J connectivity index is 1.46. The molecule has 0 aliphatic carbocycles. The van der Waals surface area contributed by atoms with Crippen LogP contribution in [-0.4, -0.2) is 240 Å². The van der Waals surface area contributed by atoms with Crippen molar-refractivity contribution in [3.8, 4) is 0 Å². The van der Waals surface area contributed by atoms with Crippen LogP contribution in [0.25, 0.3) is 0 Å². The van der Waals surface area contributed by atoms with Crippen LogP contribution in [0.1, 0.15) is 34.6 Å². The maximum Gasteiger partial charge on any atom is 0.303 e. The van der Waals surface area contributed by atoms with Crippen molar-refractivity contribution in [3.05, 3.63) is 0 Å². The van der Waals surface area contributed by atoms with E-state index >= 15 is 0 Å². The zero-order valence-corrected chi connectivity index (χ0v) is 32.6. The fourth-order valence-electron chi connectivity index (χ4n) is 7.53. The lowest BCUT2D eigenvalue weighted by atomic mass is 9.94. The van der Waals surface area contributed by atoms with Gasteiger partial charge in [0.15, 0.2) is 37.6 Å². The molecule has 342 valence electrons. The maximum absolute atomic E-state index is 12.7. The number of carbonyl (C=O) groups excluding carboxylic acids is 2. The van der Waals surface area contributed by atoms with Gasteiger partial charge in [0.2, 0.25) is 5.91 Å². The summed E-state index contributed by atoms with van der Waals surface area (Å²) >= 11 is 0. The molecular weight excluding hydrogens is 806 g/mol. The van der Waals surface area contributed by atoms with Crippen molar-refractivity contribution in [1.29, 1.82) is 0 Å². The highest BCUT2D eigenvalue weighted by Gasteiger charge is 2.57. The van der Waals surface area contributed by atoms with Gasteiger partial charge in [-0.15, -0.1) is 0 Å². The first kappa shape index (κ1) is 48.1. The normalized spacial score (nSPS) is 50.8. The fraction of sp³-hybridized carbons (Fsp3) is 0.941. The van der Waals surface area contributed by atoms with E-state index < -0.39 is 179 Å². The number of amides is 1. The molecule has 0 radical (unpaired) electrons. The minimum atomic E-state index is -1.97. The summed E-state index contributed by atoms with van der Waals surface area (Å²) in [6.07, 6.45) is -40.3. The molecule has 13 N–H and O–H groups in total. The van der Waals surface area contributed by atoms with E-state index in [1.54, 1.807) is 0 Å². The molecule has 1 amide bonds. The monoisotopic (exact) mass is 863 g/mol. The summed E-state index contributed by atoms with van der Waals surface area (Å²) in [5.41, 5.74) is 0. The molecule has 0 aromatic rings. The number of esters is 1. The number of ether oxygens (including phenoxy) is 10. The highest BCUT2D eigenvalue weighted by molar-refractivity contribution is 5.73. The van der Waals surface area contributed by atoms with E-state index in [4.69, 9.17) is 47.4 Å². The Bertz CT molecular complexity index is 1380. The van der Waals surface area contributed by atoms with Crippen LogP contribution in [-0.2, 0) is 57.0 Å². The molecule has 0 aromatic heterocycles. The van der Waals surface area contributed by atoms with Gasteiger partial charge in [-0.05, 0) is 20.8 Å². The van der Waals surface area contributed by atoms with Crippen LogP contribution in [0.4, 0.5) is 0 Å². The quantitative estimate of drug-likeness (QED) is 0.0810. The Labute approximate surface area is 336 Å². The topological polar surface area (TPSA) is 381 Å². The number of hydrogen-bond acceptors (Lipinski definition) is 24. The third-order valence-corrected chi connectivity index (χ3v) is 10.9. The third kappa shape index (κ3) is 10.3. The standard InChI is InChI=1S/C34H57NO24/c1-8-16(40)21(45)23(47)32(51-8)58-27-18(42)10(3)52-34(29(27)53-12(5)39)56-25-15(35-11(4)38)31(54-14(7-37)20(25)44)59-28-26(17(41)9(2)50-30(28)49)57-33-24(48)22(46)19(43)13(6-36)55-33/h8-10,13-34,36-37,40-49H,6-7H2,1-5H3,(H,35,38)/t8?,9?,10?,13-,14?,15-,16-,17-,18-,19+,20+,21?,22?,23-,24?,25?,26?,27?,28-,29-,30+,31-,32-,33+,34-/m0/s1. The van der Waals surface area contributed by atoms with E-state index in [-0.39, 0.29) is 0 Å². The highest BCUT2D eigenvalue weighted by Crippen LogP contribution is 2.36. The lowest BCUT2D eigenvalue weighted by Gasteiger charge is -2.50. The van der Waals surface area contributed by atoms with E-state index in [0.29, 0.717) is 0 Å². The number of aliphatic hydroxyl groups excluding tert-OH is 12. The van der Waals surface area contributed by atoms with Crippen LogP contribution in [0.2, 0.25) is 0 Å². The zero-order chi connectivity index (χ0) is 43.8. The van der Waals surface area contributed by atoms with Gasteiger partial charge in [-0.3, -0.25) is 9.59 Å². The summed E-state index contributed by atoms with van der Waals surface area (Å²) in [6, 6.07) is -1.65. The minimum absolute atomic E-state index is 0.775. The third-order valence-electron chi connectivity index (χ3n) is 10.9. The second-order valence-corrected chi connectivity index (χ2v) is 15.2. The molecule has 5 fully saturated rings. The molecule has 25 atom stereocenters. The van der Waals surface area contributed by atoms with Gasteiger partial charge >= 0.3 is 5.97 Å². The molecule has 59 heavy (non-hydrogen) atoms. The SMILES string of the molecule is CC(=O)N[C@H]1C(O[C@@H]2OC(C)[C@H](O)C(O[C@@H]3OC(C)[C@H](O)C(O)[C@@H]3O)[C@@H]2OC(C)=O)[C@H](O)C(CO)O[C@H]1O[C@H]1C(O[C@H]2O[C@@H](CO)[C@@H](O)C(O)C2O)[C@@H](O)C(C)O[C@H]1O. The van der Waals surface area contributed by atoms with Crippen LogP contribution in [0.5, 0.6) is 0 Å². The molecule has 5 heterocycles. The Hall–Kier alpha value is -1.90. The minimum Gasteiger partial charge on any atom is -0.454 e. The van der Waals surface area contributed by atoms with Crippen LogP contribution < -0.4 is 5.32 Å². The molecule has 25 heteroatoms. The molecule has 25 nitrogen and oxygen atoms in total. The number of carbonyl (C=O) groups is 2. The summed E-state index contributed by atoms with van der Waals surface area (Å²) in [4.78, 5) is 25.1. The van der Waals surface area contributed by atoms with Crippen molar-refractivity contribution < 1.29 is 118 Å². The van der Waals surface area contributed by atoms with Gasteiger partial charge in [0.25, 0.3) is 0 Å². The average Bonchev–Trinajstić information content (AvgIpc) is 3.18. The number of aliphatic hydroxyl groups is 12. The molecule has 0 saturated carbocycles. The number of hydrogen-bond donors (Lipinski definition) is 13. The van der Waals surface area contributed by atoms with Crippen molar-refractivity contribution in [3.63, 3.8) is 0 Å². The van der Waals surface area contributed by atoms with Gasteiger partial charge in [-0.2, -0.15) is 0 Å². The van der Waals surface area contributed by atoms with Gasteiger partial charge in [0.1, 0.15) is 97.6 Å². The van der Waals surface area contributed by atoms with Crippen LogP contribution in [0.15, 0.2) is 0 Å². The predicted molar refractivity (Wildman–Crippen MR) is 183 cm³/mol. The lowest BCUT2D eigenvalue weighted by molar-refractivity contribution is -0.388. The van der Waals surface area contributed by atoms with Crippen molar-refractivity contribution in [1.82, 2.24) is 5.32 Å². The molecule has 5 rings (SSSR count). The molecule has 0 spiro atoms. The second-order valence-electron chi connectivity index (χ2n) is 15.2. The van der Waals surface area contributed by atoms with Gasteiger partial charge in [0.05, 0.1) is 31.5 Å². The molecule has 5 aliphatic rings. The van der Waals surface area contributed by atoms with Crippen molar-refractivity contribution in [2.24, 2.45) is 0 Å². The first-order valence-electron chi connectivity index (χ1n) is 19.1. The second kappa shape index (κ2) is 20.1. The molecule has 0 bridgehead atoms. The summed E-state index contributed by atoms with van der Waals surface area (Å²) in [5.74, 6) is -1.73.